The van der Waals surface area contributed by atoms with Crippen LogP contribution >= 0.6 is 11.3 Å². The lowest BCUT2D eigenvalue weighted by Crippen LogP contribution is -2.29. The van der Waals surface area contributed by atoms with Gasteiger partial charge in [0.05, 0.1) is 13.1 Å². The average Bonchev–Trinajstić information content (AvgIpc) is 2.70. The molecule has 0 aliphatic rings. The second-order valence-electron chi connectivity index (χ2n) is 4.12. The highest BCUT2D eigenvalue weighted by Crippen LogP contribution is 2.13. The summed E-state index contributed by atoms with van der Waals surface area (Å²) in [7, 11) is 0. The van der Waals surface area contributed by atoms with Crippen LogP contribution in [0.2, 0.25) is 0 Å². The molecular formula is C11H14N4O3S. The highest BCUT2D eigenvalue weighted by atomic mass is 32.1. The molecule has 0 radical (unpaired) electrons. The van der Waals surface area contributed by atoms with Crippen LogP contribution in [0.15, 0.2) is 10.9 Å². The van der Waals surface area contributed by atoms with E-state index < -0.39 is 5.97 Å². The summed E-state index contributed by atoms with van der Waals surface area (Å²) in [5.41, 5.74) is 0.435. The van der Waals surface area contributed by atoms with Gasteiger partial charge in [-0.2, -0.15) is 9.61 Å². The molecule has 2 heterocycles. The summed E-state index contributed by atoms with van der Waals surface area (Å²) in [5, 5.41) is 13.6. The molecule has 0 fully saturated rings. The van der Waals surface area contributed by atoms with Crippen molar-refractivity contribution in [2.24, 2.45) is 0 Å². The van der Waals surface area contributed by atoms with Crippen LogP contribution in [0.1, 0.15) is 17.6 Å². The zero-order valence-corrected chi connectivity index (χ0v) is 11.5. The van der Waals surface area contributed by atoms with Gasteiger partial charge in [0.15, 0.2) is 0 Å². The van der Waals surface area contributed by atoms with Gasteiger partial charge in [-0.1, -0.05) is 18.3 Å². The van der Waals surface area contributed by atoms with Crippen LogP contribution in [0.25, 0.3) is 4.96 Å². The van der Waals surface area contributed by atoms with Gasteiger partial charge in [0, 0.05) is 11.8 Å². The number of carboxylic acid groups (broad SMARTS) is 1. The first-order chi connectivity index (χ1) is 8.99. The number of carboxylic acids is 1. The van der Waals surface area contributed by atoms with Gasteiger partial charge < -0.3 is 5.11 Å². The fraction of sp³-hybridized carbons (Fsp3) is 0.455. The molecule has 0 amide bonds. The molecule has 0 aliphatic heterocycles. The van der Waals surface area contributed by atoms with Crippen molar-refractivity contribution in [1.82, 2.24) is 19.5 Å². The van der Waals surface area contributed by atoms with E-state index in [0.29, 0.717) is 28.8 Å². The largest absolute Gasteiger partial charge is 0.480 e. The third-order valence-corrected chi connectivity index (χ3v) is 3.47. The number of hydrogen-bond acceptors (Lipinski definition) is 6. The molecule has 7 nitrogen and oxygen atoms in total. The Morgan fingerprint density at radius 1 is 1.58 bits per heavy atom. The zero-order chi connectivity index (χ0) is 14.0. The maximum atomic E-state index is 11.7. The molecule has 0 aromatic carbocycles. The zero-order valence-electron chi connectivity index (χ0n) is 10.7. The van der Waals surface area contributed by atoms with Crippen LogP contribution in [-0.2, 0) is 11.3 Å². The Labute approximate surface area is 113 Å². The van der Waals surface area contributed by atoms with Gasteiger partial charge in [-0.15, -0.1) is 0 Å². The standard InChI is InChI=1S/C11H14N4O3S/c1-3-14(6-10(17)18)5-8-13-15-9(16)4-7(2)12-11(15)19-8/h4H,3,5-6H2,1-2H3,(H,17,18). The lowest BCUT2D eigenvalue weighted by atomic mass is 10.4. The van der Waals surface area contributed by atoms with Crippen LogP contribution in [0, 0.1) is 6.92 Å². The summed E-state index contributed by atoms with van der Waals surface area (Å²) in [6.07, 6.45) is 0. The Balaban J connectivity index is 2.28. The van der Waals surface area contributed by atoms with E-state index in [9.17, 15) is 9.59 Å². The molecule has 8 heteroatoms. The highest BCUT2D eigenvalue weighted by molar-refractivity contribution is 7.16. The Morgan fingerprint density at radius 2 is 2.32 bits per heavy atom. The maximum absolute atomic E-state index is 11.7. The van der Waals surface area contributed by atoms with Crippen molar-refractivity contribution < 1.29 is 9.90 Å². The Hall–Kier alpha value is -1.80. The fourth-order valence-corrected chi connectivity index (χ4v) is 2.67. The van der Waals surface area contributed by atoms with Crippen molar-refractivity contribution in [3.8, 4) is 0 Å². The van der Waals surface area contributed by atoms with Gasteiger partial charge in [0.2, 0.25) is 4.96 Å². The highest BCUT2D eigenvalue weighted by Gasteiger charge is 2.13. The molecule has 0 saturated carbocycles. The predicted molar refractivity (Wildman–Crippen MR) is 70.5 cm³/mol. The van der Waals surface area contributed by atoms with Crippen molar-refractivity contribution in [2.45, 2.75) is 20.4 Å². The Kier molecular flexibility index (Phi) is 3.91. The first-order valence-electron chi connectivity index (χ1n) is 5.80. The van der Waals surface area contributed by atoms with E-state index in [0.717, 1.165) is 0 Å². The average molecular weight is 282 g/mol. The van der Waals surface area contributed by atoms with Crippen LogP contribution in [0.5, 0.6) is 0 Å². The summed E-state index contributed by atoms with van der Waals surface area (Å²) in [6.45, 7) is 4.58. The number of fused-ring (bicyclic) bond motifs is 1. The molecular weight excluding hydrogens is 268 g/mol. The molecule has 102 valence electrons. The molecule has 0 unspecified atom stereocenters. The van der Waals surface area contributed by atoms with Crippen molar-refractivity contribution in [3.05, 3.63) is 27.1 Å². The van der Waals surface area contributed by atoms with Crippen LogP contribution in [0.4, 0.5) is 0 Å². The minimum Gasteiger partial charge on any atom is -0.480 e. The van der Waals surface area contributed by atoms with Gasteiger partial charge in [-0.3, -0.25) is 14.5 Å². The SMILES string of the molecule is CCN(CC(=O)O)Cc1nn2c(=O)cc(C)nc2s1. The monoisotopic (exact) mass is 282 g/mol. The number of rotatable bonds is 5. The summed E-state index contributed by atoms with van der Waals surface area (Å²) in [6, 6.07) is 1.42. The minimum atomic E-state index is -0.880. The van der Waals surface area contributed by atoms with Gasteiger partial charge in [0.1, 0.15) is 5.01 Å². The number of nitrogens with zero attached hydrogens (tertiary/aromatic N) is 4. The molecule has 0 aliphatic carbocycles. The quantitative estimate of drug-likeness (QED) is 0.852. The van der Waals surface area contributed by atoms with Gasteiger partial charge in [-0.25, -0.2) is 4.98 Å². The third kappa shape index (κ3) is 3.15. The van der Waals surface area contributed by atoms with Crippen molar-refractivity contribution >= 4 is 22.3 Å². The molecule has 0 bridgehead atoms. The first-order valence-corrected chi connectivity index (χ1v) is 6.61. The van der Waals surface area contributed by atoms with Crippen molar-refractivity contribution in [3.63, 3.8) is 0 Å². The van der Waals surface area contributed by atoms with E-state index in [4.69, 9.17) is 5.11 Å². The van der Waals surface area contributed by atoms with Crippen LogP contribution in [0.3, 0.4) is 0 Å². The third-order valence-electron chi connectivity index (χ3n) is 2.58. The summed E-state index contributed by atoms with van der Waals surface area (Å²) in [5.74, 6) is -0.880. The predicted octanol–water partition coefficient (Wildman–Crippen LogP) is 0.366. The van der Waals surface area contributed by atoms with Crippen LogP contribution < -0.4 is 5.56 Å². The molecule has 0 atom stereocenters. The van der Waals surface area contributed by atoms with Crippen molar-refractivity contribution in [1.29, 1.82) is 0 Å². The summed E-state index contributed by atoms with van der Waals surface area (Å²) >= 11 is 1.30. The van der Waals surface area contributed by atoms with Crippen LogP contribution in [-0.4, -0.2) is 43.7 Å². The number of carbonyl (C=O) groups is 1. The topological polar surface area (TPSA) is 87.8 Å². The number of aryl methyl sites for hydroxylation is 1. The lowest BCUT2D eigenvalue weighted by Gasteiger charge is -2.15. The molecule has 2 aromatic rings. The number of aliphatic carboxylic acids is 1. The second-order valence-corrected chi connectivity index (χ2v) is 5.16. The maximum Gasteiger partial charge on any atom is 0.317 e. The fourth-order valence-electron chi connectivity index (χ4n) is 1.69. The molecule has 2 rings (SSSR count). The molecule has 2 aromatic heterocycles. The second kappa shape index (κ2) is 5.45. The van der Waals surface area contributed by atoms with E-state index in [-0.39, 0.29) is 12.1 Å². The smallest absolute Gasteiger partial charge is 0.317 e. The molecule has 1 N–H and O–H groups in total. The van der Waals surface area contributed by atoms with Gasteiger partial charge in [-0.05, 0) is 13.5 Å². The minimum absolute atomic E-state index is 0.0478. The van der Waals surface area contributed by atoms with E-state index in [1.807, 2.05) is 6.92 Å². The first kappa shape index (κ1) is 13.6. The normalized spacial score (nSPS) is 11.3. The summed E-state index contributed by atoms with van der Waals surface area (Å²) in [4.78, 5) is 28.9. The lowest BCUT2D eigenvalue weighted by molar-refractivity contribution is -0.138. The van der Waals surface area contributed by atoms with E-state index in [1.165, 1.54) is 21.9 Å². The summed E-state index contributed by atoms with van der Waals surface area (Å²) < 4.78 is 1.25. The number of aromatic nitrogens is 3. The Bertz CT molecular complexity index is 663. The molecule has 0 saturated heterocycles. The van der Waals surface area contributed by atoms with Gasteiger partial charge >= 0.3 is 5.97 Å². The van der Waals surface area contributed by atoms with Gasteiger partial charge in [0.25, 0.3) is 5.56 Å². The Morgan fingerprint density at radius 3 is 2.95 bits per heavy atom. The van der Waals surface area contributed by atoms with E-state index in [1.54, 1.807) is 11.8 Å². The number of hydrogen-bond donors (Lipinski definition) is 1. The van der Waals surface area contributed by atoms with Crippen molar-refractivity contribution in [2.75, 3.05) is 13.1 Å². The number of likely N-dealkylation sites (N-methyl/N-ethyl adjacent to an activating group) is 1. The molecule has 0 spiro atoms. The van der Waals surface area contributed by atoms with E-state index in [2.05, 4.69) is 10.1 Å². The van der Waals surface area contributed by atoms with E-state index >= 15 is 0 Å². The molecule has 19 heavy (non-hydrogen) atoms.